The molecule has 0 atom stereocenters. The van der Waals surface area contributed by atoms with E-state index in [0.717, 1.165) is 30.7 Å². The van der Waals surface area contributed by atoms with Gasteiger partial charge in [0.2, 0.25) is 0 Å². The molecule has 22 heavy (non-hydrogen) atoms. The van der Waals surface area contributed by atoms with Gasteiger partial charge in [-0.05, 0) is 27.8 Å². The zero-order valence-electron chi connectivity index (χ0n) is 14.7. The van der Waals surface area contributed by atoms with E-state index in [1.807, 2.05) is 36.4 Å². The molecule has 0 radical (unpaired) electrons. The second-order valence-corrected chi connectivity index (χ2v) is 4.47. The van der Waals surface area contributed by atoms with E-state index in [-0.39, 0.29) is 0 Å². The molecule has 0 aliphatic rings. The third-order valence-corrected chi connectivity index (χ3v) is 3.63. The van der Waals surface area contributed by atoms with E-state index >= 15 is 0 Å². The van der Waals surface area contributed by atoms with Gasteiger partial charge in [0.15, 0.2) is 0 Å². The van der Waals surface area contributed by atoms with Gasteiger partial charge in [0.05, 0.1) is 26.7 Å². The number of likely N-dealkylation sites (N-methyl/N-ethyl adjacent to an activating group) is 1. The van der Waals surface area contributed by atoms with Crippen LogP contribution in [0.1, 0.15) is 20.8 Å². The highest BCUT2D eigenvalue weighted by Crippen LogP contribution is 2.05. The number of hydrogen-bond acceptors (Lipinski definition) is 4. The van der Waals surface area contributed by atoms with Gasteiger partial charge in [-0.2, -0.15) is 0 Å². The highest BCUT2D eigenvalue weighted by atomic mass is 16.7. The lowest BCUT2D eigenvalue weighted by molar-refractivity contribution is -0.923. The molecular weight excluding hydrogens is 280 g/mol. The molecule has 0 heterocycles. The Bertz CT molecular complexity index is 306. The summed E-state index contributed by atoms with van der Waals surface area (Å²) in [6.45, 7) is 11.0. The van der Waals surface area contributed by atoms with Crippen LogP contribution in [0, 0.1) is 0 Å². The van der Waals surface area contributed by atoms with Crippen LogP contribution in [0.5, 0.6) is 0 Å². The molecule has 0 fully saturated rings. The summed E-state index contributed by atoms with van der Waals surface area (Å²) in [5, 5.41) is 0. The topological polar surface area (TPSA) is 61.5 Å². The molecular formula is C17H33N2O3+. The van der Waals surface area contributed by atoms with Gasteiger partial charge in [0, 0.05) is 0 Å². The number of rotatable bonds is 6. The number of methoxy groups -OCH3 is 1. The summed E-state index contributed by atoms with van der Waals surface area (Å²) in [5.41, 5.74) is 4.50. The Morgan fingerprint density at radius 1 is 0.909 bits per heavy atom. The zero-order valence-corrected chi connectivity index (χ0v) is 14.7. The summed E-state index contributed by atoms with van der Waals surface area (Å²) in [6.07, 6.45) is -0.591. The van der Waals surface area contributed by atoms with Crippen molar-refractivity contribution in [3.8, 4) is 0 Å². The normalized spacial score (nSPS) is 9.55. The fourth-order valence-corrected chi connectivity index (χ4v) is 1.91. The van der Waals surface area contributed by atoms with Crippen LogP contribution in [0.25, 0.3) is 0 Å². The van der Waals surface area contributed by atoms with Crippen molar-refractivity contribution in [2.45, 2.75) is 20.8 Å². The van der Waals surface area contributed by atoms with Crippen molar-refractivity contribution in [1.29, 1.82) is 0 Å². The third kappa shape index (κ3) is 11.1. The van der Waals surface area contributed by atoms with Gasteiger partial charge in [-0.1, -0.05) is 36.4 Å². The lowest BCUT2D eigenvalue weighted by Crippen LogP contribution is -2.49. The summed E-state index contributed by atoms with van der Waals surface area (Å²) < 4.78 is 10.3. The SMILES string of the molecule is CC[N+](CC)(CC)CCOC(=O)OC.CN.c1ccccc1. The van der Waals surface area contributed by atoms with Crippen LogP contribution in [0.2, 0.25) is 0 Å². The van der Waals surface area contributed by atoms with Crippen molar-refractivity contribution in [2.75, 3.05) is 46.9 Å². The summed E-state index contributed by atoms with van der Waals surface area (Å²) in [5.74, 6) is 0. The van der Waals surface area contributed by atoms with Crippen LogP contribution in [0.15, 0.2) is 36.4 Å². The van der Waals surface area contributed by atoms with Crippen molar-refractivity contribution < 1.29 is 18.8 Å². The molecule has 1 aromatic rings. The van der Waals surface area contributed by atoms with Crippen LogP contribution in [0.3, 0.4) is 0 Å². The van der Waals surface area contributed by atoms with Crippen molar-refractivity contribution in [1.82, 2.24) is 0 Å². The van der Waals surface area contributed by atoms with Gasteiger partial charge in [-0.3, -0.25) is 0 Å². The van der Waals surface area contributed by atoms with E-state index in [4.69, 9.17) is 4.74 Å². The minimum Gasteiger partial charge on any atom is -0.438 e. The number of nitrogens with two attached hydrogens (primary N) is 1. The summed E-state index contributed by atoms with van der Waals surface area (Å²) in [4.78, 5) is 10.7. The van der Waals surface area contributed by atoms with Gasteiger partial charge in [0.25, 0.3) is 0 Å². The fraction of sp³-hybridized carbons (Fsp3) is 0.588. The molecule has 128 valence electrons. The van der Waals surface area contributed by atoms with E-state index in [9.17, 15) is 4.79 Å². The van der Waals surface area contributed by atoms with Gasteiger partial charge < -0.3 is 19.7 Å². The highest BCUT2D eigenvalue weighted by Gasteiger charge is 2.20. The second-order valence-electron chi connectivity index (χ2n) is 4.47. The molecule has 1 rings (SSSR count). The van der Waals surface area contributed by atoms with E-state index in [0.29, 0.717) is 6.61 Å². The third-order valence-electron chi connectivity index (χ3n) is 3.63. The molecule has 5 heteroatoms. The quantitative estimate of drug-likeness (QED) is 0.648. The largest absolute Gasteiger partial charge is 0.508 e. The molecule has 5 nitrogen and oxygen atoms in total. The van der Waals surface area contributed by atoms with Crippen molar-refractivity contribution in [3.63, 3.8) is 0 Å². The number of hydrogen-bond donors (Lipinski definition) is 1. The van der Waals surface area contributed by atoms with Crippen LogP contribution < -0.4 is 5.73 Å². The lowest BCUT2D eigenvalue weighted by Gasteiger charge is -2.35. The van der Waals surface area contributed by atoms with Gasteiger partial charge in [-0.25, -0.2) is 4.79 Å². The summed E-state index contributed by atoms with van der Waals surface area (Å²) in [6, 6.07) is 12.0. The maximum Gasteiger partial charge on any atom is 0.508 e. The van der Waals surface area contributed by atoms with Crippen molar-refractivity contribution in [3.05, 3.63) is 36.4 Å². The van der Waals surface area contributed by atoms with Crippen LogP contribution in [-0.2, 0) is 9.47 Å². The van der Waals surface area contributed by atoms with Crippen LogP contribution in [0.4, 0.5) is 4.79 Å². The smallest absolute Gasteiger partial charge is 0.438 e. The molecule has 0 saturated carbocycles. The molecule has 0 aromatic heterocycles. The first kappa shape index (κ1) is 22.7. The van der Waals surface area contributed by atoms with Gasteiger partial charge in [0.1, 0.15) is 13.2 Å². The van der Waals surface area contributed by atoms with Gasteiger partial charge in [-0.15, -0.1) is 0 Å². The molecule has 0 bridgehead atoms. The number of benzene rings is 1. The molecule has 0 saturated heterocycles. The second kappa shape index (κ2) is 15.8. The van der Waals surface area contributed by atoms with E-state index < -0.39 is 6.16 Å². The molecule has 0 spiro atoms. The molecule has 2 N–H and O–H groups in total. The molecule has 1 aromatic carbocycles. The lowest BCUT2D eigenvalue weighted by atomic mass is 10.3. The highest BCUT2D eigenvalue weighted by molar-refractivity contribution is 5.59. The fourth-order valence-electron chi connectivity index (χ4n) is 1.91. The Morgan fingerprint density at radius 3 is 1.55 bits per heavy atom. The van der Waals surface area contributed by atoms with Gasteiger partial charge >= 0.3 is 6.16 Å². The van der Waals surface area contributed by atoms with E-state index in [1.165, 1.54) is 14.2 Å². The first-order chi connectivity index (χ1) is 10.6. The Morgan fingerprint density at radius 2 is 1.27 bits per heavy atom. The number of carbonyl (C=O) groups excluding carboxylic acids is 1. The number of quaternary nitrogens is 1. The summed E-state index contributed by atoms with van der Waals surface area (Å²) >= 11 is 0. The Kier molecular flexibility index (Phi) is 16.3. The monoisotopic (exact) mass is 313 g/mol. The van der Waals surface area contributed by atoms with Crippen LogP contribution in [-0.4, -0.2) is 57.6 Å². The predicted octanol–water partition coefficient (Wildman–Crippen LogP) is 2.91. The number of nitrogens with zero attached hydrogens (tertiary/aromatic N) is 1. The Labute approximate surface area is 135 Å². The first-order valence-electron chi connectivity index (χ1n) is 7.77. The maximum atomic E-state index is 10.7. The average Bonchev–Trinajstić information content (AvgIpc) is 2.62. The maximum absolute atomic E-state index is 10.7. The number of ether oxygens (including phenoxy) is 2. The van der Waals surface area contributed by atoms with Crippen molar-refractivity contribution >= 4 is 6.16 Å². The van der Waals surface area contributed by atoms with Crippen molar-refractivity contribution in [2.24, 2.45) is 5.73 Å². The summed E-state index contributed by atoms with van der Waals surface area (Å²) in [7, 11) is 2.82. The minimum atomic E-state index is -0.591. The average molecular weight is 313 g/mol. The minimum absolute atomic E-state index is 0.433. The Hall–Kier alpha value is -1.59. The van der Waals surface area contributed by atoms with Crippen LogP contribution >= 0.6 is 0 Å². The van der Waals surface area contributed by atoms with E-state index in [1.54, 1.807) is 0 Å². The first-order valence-corrected chi connectivity index (χ1v) is 7.77. The predicted molar refractivity (Wildman–Crippen MR) is 91.7 cm³/mol. The zero-order chi connectivity index (χ0) is 17.3. The Balaban J connectivity index is 0. The standard InChI is InChI=1S/C10H22NO3.C6H6.CH5N/c1-5-11(6-2,7-3)8-9-14-10(12)13-4;1-2-4-6-5-3-1;1-2/h5-9H2,1-4H3;1-6H;2H2,1H3/q+1;;. The molecule has 0 aliphatic carbocycles. The molecule has 0 unspecified atom stereocenters. The van der Waals surface area contributed by atoms with E-state index in [2.05, 4.69) is 31.2 Å². The molecule has 0 amide bonds. The molecule has 0 aliphatic heterocycles. The number of carbonyl (C=O) groups is 1.